The van der Waals surface area contributed by atoms with Gasteiger partial charge in [0, 0.05) is 44.8 Å². The van der Waals surface area contributed by atoms with E-state index in [9.17, 15) is 4.79 Å². The highest BCUT2D eigenvalue weighted by Crippen LogP contribution is 2.24. The fraction of sp³-hybridized carbons (Fsp3) is 0.944. The predicted octanol–water partition coefficient (Wildman–Crippen LogP) is 2.34. The highest BCUT2D eigenvalue weighted by molar-refractivity contribution is 5.78. The first-order chi connectivity index (χ1) is 10.8. The number of piperidine rings is 1. The van der Waals surface area contributed by atoms with Crippen LogP contribution in [0.2, 0.25) is 0 Å². The standard InChI is InChI=1S/C18H33N3O/c1-2-16-7-5-6-10-21(16)18(22)15-19-11-13-20(14-12-19)17-8-3-4-9-17/h16-17H,2-15H2,1H3. The number of carbonyl (C=O) groups excluding carboxylic acids is 1. The van der Waals surface area contributed by atoms with Crippen LogP contribution in [0.3, 0.4) is 0 Å². The van der Waals surface area contributed by atoms with E-state index in [1.807, 2.05) is 0 Å². The largest absolute Gasteiger partial charge is 0.339 e. The number of likely N-dealkylation sites (tertiary alicyclic amines) is 1. The van der Waals surface area contributed by atoms with Gasteiger partial charge >= 0.3 is 0 Å². The first-order valence-electron chi connectivity index (χ1n) is 9.54. The Kier molecular flexibility index (Phi) is 5.75. The molecule has 3 rings (SSSR count). The summed E-state index contributed by atoms with van der Waals surface area (Å²) in [6.45, 7) is 8.33. The molecule has 0 bridgehead atoms. The molecule has 1 unspecified atom stereocenters. The van der Waals surface area contributed by atoms with Crippen molar-refractivity contribution >= 4 is 5.91 Å². The first-order valence-corrected chi connectivity index (χ1v) is 9.54. The molecule has 3 fully saturated rings. The number of amides is 1. The number of nitrogens with zero attached hydrogens (tertiary/aromatic N) is 3. The van der Waals surface area contributed by atoms with E-state index in [1.165, 1.54) is 44.9 Å². The Hall–Kier alpha value is -0.610. The molecule has 1 atom stereocenters. The third kappa shape index (κ3) is 3.83. The summed E-state index contributed by atoms with van der Waals surface area (Å²) in [6.07, 6.45) is 10.4. The topological polar surface area (TPSA) is 26.8 Å². The summed E-state index contributed by atoms with van der Waals surface area (Å²) in [5, 5.41) is 0. The lowest BCUT2D eigenvalue weighted by Crippen LogP contribution is -2.53. The molecule has 1 amide bonds. The van der Waals surface area contributed by atoms with Crippen LogP contribution in [0.1, 0.15) is 58.3 Å². The normalized spacial score (nSPS) is 29.1. The van der Waals surface area contributed by atoms with Crippen LogP contribution in [0, 0.1) is 0 Å². The molecule has 0 aromatic rings. The molecule has 2 aliphatic heterocycles. The quantitative estimate of drug-likeness (QED) is 0.797. The summed E-state index contributed by atoms with van der Waals surface area (Å²) in [6, 6.07) is 1.34. The van der Waals surface area contributed by atoms with Crippen molar-refractivity contribution in [1.29, 1.82) is 0 Å². The van der Waals surface area contributed by atoms with Crippen LogP contribution in [0.25, 0.3) is 0 Å². The van der Waals surface area contributed by atoms with E-state index in [0.717, 1.165) is 45.2 Å². The van der Waals surface area contributed by atoms with Crippen LogP contribution in [-0.2, 0) is 4.79 Å². The number of hydrogen-bond acceptors (Lipinski definition) is 3. The van der Waals surface area contributed by atoms with Gasteiger partial charge < -0.3 is 4.90 Å². The van der Waals surface area contributed by atoms with Crippen LogP contribution < -0.4 is 0 Å². The molecule has 22 heavy (non-hydrogen) atoms. The van der Waals surface area contributed by atoms with Gasteiger partial charge in [0.25, 0.3) is 0 Å². The van der Waals surface area contributed by atoms with E-state index in [1.54, 1.807) is 0 Å². The Morgan fingerprint density at radius 3 is 2.27 bits per heavy atom. The van der Waals surface area contributed by atoms with E-state index in [4.69, 9.17) is 0 Å². The van der Waals surface area contributed by atoms with Crippen molar-refractivity contribution in [2.24, 2.45) is 0 Å². The fourth-order valence-electron chi connectivity index (χ4n) is 4.59. The van der Waals surface area contributed by atoms with Crippen LogP contribution in [0.5, 0.6) is 0 Å². The van der Waals surface area contributed by atoms with E-state index in [0.29, 0.717) is 18.5 Å². The molecule has 0 aromatic carbocycles. The molecular formula is C18H33N3O. The summed E-state index contributed by atoms with van der Waals surface area (Å²) in [7, 11) is 0. The first kappa shape index (κ1) is 16.3. The van der Waals surface area contributed by atoms with E-state index < -0.39 is 0 Å². The minimum Gasteiger partial charge on any atom is -0.339 e. The monoisotopic (exact) mass is 307 g/mol. The third-order valence-electron chi connectivity index (χ3n) is 6.03. The molecule has 4 nitrogen and oxygen atoms in total. The minimum absolute atomic E-state index is 0.376. The summed E-state index contributed by atoms with van der Waals surface area (Å²) in [5.74, 6) is 0.376. The van der Waals surface area contributed by atoms with Gasteiger partial charge in [0.2, 0.25) is 5.91 Å². The molecule has 126 valence electrons. The minimum atomic E-state index is 0.376. The Bertz CT molecular complexity index is 359. The Labute approximate surface area is 135 Å². The maximum absolute atomic E-state index is 12.6. The van der Waals surface area contributed by atoms with Gasteiger partial charge in [-0.25, -0.2) is 0 Å². The van der Waals surface area contributed by atoms with Crippen LogP contribution in [0.4, 0.5) is 0 Å². The van der Waals surface area contributed by atoms with Gasteiger partial charge in [-0.15, -0.1) is 0 Å². The zero-order valence-corrected chi connectivity index (χ0v) is 14.3. The molecule has 0 radical (unpaired) electrons. The highest BCUT2D eigenvalue weighted by Gasteiger charge is 2.29. The SMILES string of the molecule is CCC1CCCCN1C(=O)CN1CCN(C2CCCC2)CC1. The number of hydrogen-bond donors (Lipinski definition) is 0. The average molecular weight is 307 g/mol. The van der Waals surface area contributed by atoms with Gasteiger partial charge in [0.1, 0.15) is 0 Å². The molecule has 4 heteroatoms. The smallest absolute Gasteiger partial charge is 0.236 e. The van der Waals surface area contributed by atoms with Gasteiger partial charge in [0.15, 0.2) is 0 Å². The Morgan fingerprint density at radius 1 is 0.909 bits per heavy atom. The number of piperazine rings is 1. The maximum atomic E-state index is 12.6. The second-order valence-electron chi connectivity index (χ2n) is 7.40. The van der Waals surface area contributed by atoms with Gasteiger partial charge in [-0.1, -0.05) is 19.8 Å². The maximum Gasteiger partial charge on any atom is 0.236 e. The van der Waals surface area contributed by atoms with Crippen LogP contribution in [-0.4, -0.2) is 72.0 Å². The fourth-order valence-corrected chi connectivity index (χ4v) is 4.59. The molecule has 2 saturated heterocycles. The van der Waals surface area contributed by atoms with Crippen molar-refractivity contribution < 1.29 is 4.79 Å². The highest BCUT2D eigenvalue weighted by atomic mass is 16.2. The van der Waals surface area contributed by atoms with Crippen molar-refractivity contribution in [1.82, 2.24) is 14.7 Å². The van der Waals surface area contributed by atoms with Gasteiger partial charge in [-0.05, 0) is 38.5 Å². The van der Waals surface area contributed by atoms with E-state index in [-0.39, 0.29) is 0 Å². The molecule has 0 spiro atoms. The lowest BCUT2D eigenvalue weighted by molar-refractivity contribution is -0.136. The number of carbonyl (C=O) groups is 1. The van der Waals surface area contributed by atoms with Crippen molar-refractivity contribution in [3.63, 3.8) is 0 Å². The lowest BCUT2D eigenvalue weighted by atomic mass is 10.00. The van der Waals surface area contributed by atoms with Gasteiger partial charge in [-0.3, -0.25) is 14.6 Å². The zero-order chi connectivity index (χ0) is 15.4. The Morgan fingerprint density at radius 2 is 1.59 bits per heavy atom. The van der Waals surface area contributed by atoms with Crippen molar-refractivity contribution in [3.05, 3.63) is 0 Å². The molecular weight excluding hydrogens is 274 g/mol. The zero-order valence-electron chi connectivity index (χ0n) is 14.3. The summed E-state index contributed by atoms with van der Waals surface area (Å²) in [4.78, 5) is 19.9. The summed E-state index contributed by atoms with van der Waals surface area (Å²) in [5.41, 5.74) is 0. The second-order valence-corrected chi connectivity index (χ2v) is 7.40. The molecule has 0 N–H and O–H groups in total. The molecule has 1 aliphatic carbocycles. The van der Waals surface area contributed by atoms with E-state index >= 15 is 0 Å². The average Bonchev–Trinajstić information content (AvgIpc) is 3.10. The van der Waals surface area contributed by atoms with Crippen LogP contribution >= 0.6 is 0 Å². The second kappa shape index (κ2) is 7.78. The summed E-state index contributed by atoms with van der Waals surface area (Å²) < 4.78 is 0. The lowest BCUT2D eigenvalue weighted by Gasteiger charge is -2.40. The predicted molar refractivity (Wildman–Crippen MR) is 89.9 cm³/mol. The summed E-state index contributed by atoms with van der Waals surface area (Å²) >= 11 is 0. The molecule has 3 aliphatic rings. The third-order valence-corrected chi connectivity index (χ3v) is 6.03. The van der Waals surface area contributed by atoms with Crippen LogP contribution in [0.15, 0.2) is 0 Å². The van der Waals surface area contributed by atoms with Gasteiger partial charge in [0.05, 0.1) is 6.54 Å². The van der Waals surface area contributed by atoms with Crippen molar-refractivity contribution in [2.75, 3.05) is 39.3 Å². The molecule has 0 aromatic heterocycles. The van der Waals surface area contributed by atoms with Crippen molar-refractivity contribution in [2.45, 2.75) is 70.4 Å². The van der Waals surface area contributed by atoms with E-state index in [2.05, 4.69) is 21.6 Å². The van der Waals surface area contributed by atoms with Crippen molar-refractivity contribution in [3.8, 4) is 0 Å². The molecule has 1 saturated carbocycles. The van der Waals surface area contributed by atoms with Gasteiger partial charge in [-0.2, -0.15) is 0 Å². The number of rotatable bonds is 4. The Balaban J connectivity index is 1.44. The molecule has 2 heterocycles.